The van der Waals surface area contributed by atoms with Crippen molar-refractivity contribution in [2.45, 2.75) is 26.4 Å². The molecular formula is C7H18O7S. The zero-order chi connectivity index (χ0) is 13.1. The number of carboxylic acids is 1. The SMILES string of the molecule is CC(=O)O.CC(O)CCO.CS(=O)(=O)O. The first kappa shape index (κ1) is 19.8. The van der Waals surface area contributed by atoms with Crippen molar-refractivity contribution in [2.75, 3.05) is 12.9 Å². The van der Waals surface area contributed by atoms with E-state index < -0.39 is 16.1 Å². The van der Waals surface area contributed by atoms with Crippen LogP contribution in [0, 0.1) is 0 Å². The van der Waals surface area contributed by atoms with Crippen molar-refractivity contribution >= 4 is 16.1 Å². The molecule has 1 unspecified atom stereocenters. The molecule has 0 saturated heterocycles. The monoisotopic (exact) mass is 246 g/mol. The van der Waals surface area contributed by atoms with Crippen LogP contribution in [0.15, 0.2) is 0 Å². The first-order valence-electron chi connectivity index (χ1n) is 3.91. The summed E-state index contributed by atoms with van der Waals surface area (Å²) in [6.45, 7) is 2.81. The highest BCUT2D eigenvalue weighted by atomic mass is 32.2. The van der Waals surface area contributed by atoms with E-state index in [0.29, 0.717) is 12.7 Å². The van der Waals surface area contributed by atoms with E-state index in [1.165, 1.54) is 0 Å². The molecule has 0 heterocycles. The molecule has 7 nitrogen and oxygen atoms in total. The highest BCUT2D eigenvalue weighted by Crippen LogP contribution is 1.83. The summed E-state index contributed by atoms with van der Waals surface area (Å²) in [4.78, 5) is 9.00. The number of carboxylic acid groups (broad SMARTS) is 1. The van der Waals surface area contributed by atoms with Crippen molar-refractivity contribution in [1.29, 1.82) is 0 Å². The molecule has 4 N–H and O–H groups in total. The van der Waals surface area contributed by atoms with Crippen molar-refractivity contribution in [3.63, 3.8) is 0 Å². The standard InChI is InChI=1S/C4H10O2.C2H4O2.CH4O3S/c1-4(6)2-3-5;1-2(3)4;1-5(2,3)4/h4-6H,2-3H2,1H3;1H3,(H,3,4);1H3,(H,2,3,4). The Morgan fingerprint density at radius 2 is 1.60 bits per heavy atom. The van der Waals surface area contributed by atoms with Crippen LogP contribution >= 0.6 is 0 Å². The molecule has 0 aliphatic heterocycles. The Bertz CT molecular complexity index is 220. The predicted octanol–water partition coefficient (Wildman–Crippen LogP) is -0.655. The van der Waals surface area contributed by atoms with Crippen LogP contribution < -0.4 is 0 Å². The lowest BCUT2D eigenvalue weighted by Crippen LogP contribution is -2.00. The number of aliphatic hydroxyl groups excluding tert-OH is 2. The third-order valence-electron chi connectivity index (χ3n) is 0.547. The van der Waals surface area contributed by atoms with Gasteiger partial charge in [-0.25, -0.2) is 0 Å². The molecule has 0 spiro atoms. The van der Waals surface area contributed by atoms with Gasteiger partial charge in [0, 0.05) is 13.5 Å². The van der Waals surface area contributed by atoms with E-state index in [0.717, 1.165) is 6.92 Å². The van der Waals surface area contributed by atoms with Gasteiger partial charge >= 0.3 is 0 Å². The molecule has 0 rings (SSSR count). The van der Waals surface area contributed by atoms with E-state index in [2.05, 4.69) is 0 Å². The Labute approximate surface area is 89.1 Å². The summed E-state index contributed by atoms with van der Waals surface area (Å²) in [5.74, 6) is -0.833. The molecule has 0 radical (unpaired) electrons. The van der Waals surface area contributed by atoms with Crippen LogP contribution in [0.2, 0.25) is 0 Å². The Hall–Kier alpha value is -0.700. The summed E-state index contributed by atoms with van der Waals surface area (Å²) in [6.07, 6.45) is 0.850. The van der Waals surface area contributed by atoms with Gasteiger partial charge in [0.2, 0.25) is 0 Å². The normalized spacial score (nSPS) is 11.3. The van der Waals surface area contributed by atoms with E-state index >= 15 is 0 Å². The van der Waals surface area contributed by atoms with E-state index in [1.807, 2.05) is 0 Å². The van der Waals surface area contributed by atoms with E-state index in [-0.39, 0.29) is 12.7 Å². The first-order valence-corrected chi connectivity index (χ1v) is 5.76. The second-order valence-corrected chi connectivity index (χ2v) is 4.08. The largest absolute Gasteiger partial charge is 0.481 e. The zero-order valence-electron chi connectivity index (χ0n) is 8.91. The molecule has 0 aromatic heterocycles. The minimum absolute atomic E-state index is 0.0810. The maximum absolute atomic E-state index is 9.19. The summed E-state index contributed by atoms with van der Waals surface area (Å²) in [7, 11) is -3.67. The number of aliphatic hydroxyl groups is 2. The number of aliphatic carboxylic acids is 1. The number of carbonyl (C=O) groups is 1. The van der Waals surface area contributed by atoms with Crippen LogP contribution in [0.1, 0.15) is 20.3 Å². The molecule has 0 aromatic rings. The van der Waals surface area contributed by atoms with Crippen molar-refractivity contribution in [2.24, 2.45) is 0 Å². The lowest BCUT2D eigenvalue weighted by atomic mass is 10.3. The van der Waals surface area contributed by atoms with Gasteiger partial charge in [-0.3, -0.25) is 9.35 Å². The predicted molar refractivity (Wildman–Crippen MR) is 54.2 cm³/mol. The van der Waals surface area contributed by atoms with Gasteiger partial charge in [0.05, 0.1) is 12.4 Å². The Morgan fingerprint density at radius 3 is 1.60 bits per heavy atom. The molecule has 0 amide bonds. The fraction of sp³-hybridized carbons (Fsp3) is 0.857. The third-order valence-corrected chi connectivity index (χ3v) is 0.547. The quantitative estimate of drug-likeness (QED) is 0.475. The Morgan fingerprint density at radius 1 is 1.40 bits per heavy atom. The van der Waals surface area contributed by atoms with Gasteiger partial charge in [-0.05, 0) is 13.3 Å². The molecular weight excluding hydrogens is 228 g/mol. The van der Waals surface area contributed by atoms with Crippen LogP contribution in [-0.4, -0.2) is 53.2 Å². The van der Waals surface area contributed by atoms with E-state index in [4.69, 9.17) is 24.7 Å². The fourth-order valence-electron chi connectivity index (χ4n) is 0.187. The topological polar surface area (TPSA) is 132 Å². The van der Waals surface area contributed by atoms with Gasteiger partial charge in [0.1, 0.15) is 0 Å². The van der Waals surface area contributed by atoms with Crippen LogP contribution in [0.5, 0.6) is 0 Å². The second kappa shape index (κ2) is 11.4. The number of hydrogen-bond donors (Lipinski definition) is 4. The summed E-state index contributed by atoms with van der Waals surface area (Å²) in [5, 5.41) is 23.9. The van der Waals surface area contributed by atoms with Crippen LogP contribution in [-0.2, 0) is 14.9 Å². The van der Waals surface area contributed by atoms with Crippen LogP contribution in [0.4, 0.5) is 0 Å². The van der Waals surface area contributed by atoms with Gasteiger partial charge in [-0.2, -0.15) is 8.42 Å². The molecule has 0 bridgehead atoms. The smallest absolute Gasteiger partial charge is 0.300 e. The summed E-state index contributed by atoms with van der Waals surface area (Å²) < 4.78 is 25.9. The van der Waals surface area contributed by atoms with Gasteiger partial charge < -0.3 is 15.3 Å². The molecule has 94 valence electrons. The molecule has 8 heteroatoms. The van der Waals surface area contributed by atoms with Gasteiger partial charge in [0.25, 0.3) is 16.1 Å². The molecule has 1 atom stereocenters. The fourth-order valence-corrected chi connectivity index (χ4v) is 0.187. The Balaban J connectivity index is -0.000000147. The highest BCUT2D eigenvalue weighted by Gasteiger charge is 1.88. The van der Waals surface area contributed by atoms with Crippen molar-refractivity contribution in [3.05, 3.63) is 0 Å². The summed E-state index contributed by atoms with van der Waals surface area (Å²) in [5.41, 5.74) is 0. The lowest BCUT2D eigenvalue weighted by molar-refractivity contribution is -0.134. The lowest BCUT2D eigenvalue weighted by Gasteiger charge is -1.95. The maximum Gasteiger partial charge on any atom is 0.300 e. The summed E-state index contributed by atoms with van der Waals surface area (Å²) in [6, 6.07) is 0. The van der Waals surface area contributed by atoms with Crippen LogP contribution in [0.25, 0.3) is 0 Å². The van der Waals surface area contributed by atoms with Gasteiger partial charge in [-0.1, -0.05) is 0 Å². The van der Waals surface area contributed by atoms with Gasteiger partial charge in [0.15, 0.2) is 0 Å². The van der Waals surface area contributed by atoms with Crippen molar-refractivity contribution in [1.82, 2.24) is 0 Å². The maximum atomic E-state index is 9.19. The highest BCUT2D eigenvalue weighted by molar-refractivity contribution is 7.85. The van der Waals surface area contributed by atoms with E-state index in [1.54, 1.807) is 6.92 Å². The van der Waals surface area contributed by atoms with Crippen molar-refractivity contribution < 1.29 is 33.1 Å². The van der Waals surface area contributed by atoms with E-state index in [9.17, 15) is 8.42 Å². The van der Waals surface area contributed by atoms with Crippen molar-refractivity contribution in [3.8, 4) is 0 Å². The average molecular weight is 246 g/mol. The Kier molecular flexibility index (Phi) is 15.0. The minimum atomic E-state index is -3.67. The molecule has 0 aromatic carbocycles. The molecule has 0 aliphatic carbocycles. The third kappa shape index (κ3) is 321. The number of hydrogen-bond acceptors (Lipinski definition) is 5. The van der Waals surface area contributed by atoms with Crippen LogP contribution in [0.3, 0.4) is 0 Å². The molecule has 0 aliphatic rings. The first-order chi connectivity index (χ1) is 6.50. The molecule has 0 fully saturated rings. The summed E-state index contributed by atoms with van der Waals surface area (Å²) >= 11 is 0. The zero-order valence-corrected chi connectivity index (χ0v) is 9.73. The minimum Gasteiger partial charge on any atom is -0.481 e. The molecule has 0 saturated carbocycles. The number of rotatable bonds is 2. The average Bonchev–Trinajstić information content (AvgIpc) is 1.79. The molecule has 15 heavy (non-hydrogen) atoms. The van der Waals surface area contributed by atoms with Gasteiger partial charge in [-0.15, -0.1) is 0 Å². The second-order valence-electron chi connectivity index (χ2n) is 2.61.